The Labute approximate surface area is 194 Å². The first-order chi connectivity index (χ1) is 16.0. The number of aromatic nitrogens is 3. The maximum absolute atomic E-state index is 11.9. The van der Waals surface area contributed by atoms with Crippen molar-refractivity contribution in [2.75, 3.05) is 17.2 Å². The lowest BCUT2D eigenvalue weighted by atomic mass is 10.1. The molecule has 1 aliphatic rings. The van der Waals surface area contributed by atoms with E-state index in [1.807, 2.05) is 75.4 Å². The number of benzene rings is 2. The average Bonchev–Trinajstić information content (AvgIpc) is 3.20. The summed E-state index contributed by atoms with van der Waals surface area (Å²) in [6.07, 6.45) is 3.93. The van der Waals surface area contributed by atoms with Gasteiger partial charge in [-0.2, -0.15) is 15.0 Å². The second kappa shape index (κ2) is 10.2. The quantitative estimate of drug-likeness (QED) is 0.496. The van der Waals surface area contributed by atoms with E-state index in [0.29, 0.717) is 37.1 Å². The summed E-state index contributed by atoms with van der Waals surface area (Å²) in [5, 5.41) is 6.46. The van der Waals surface area contributed by atoms with Crippen LogP contribution in [0, 0.1) is 6.92 Å². The van der Waals surface area contributed by atoms with Gasteiger partial charge in [-0.25, -0.2) is 0 Å². The molecule has 4 rings (SSSR count). The van der Waals surface area contributed by atoms with E-state index in [9.17, 15) is 4.79 Å². The Balaban J connectivity index is 1.58. The maximum Gasteiger partial charge on any atom is 0.233 e. The van der Waals surface area contributed by atoms with Crippen molar-refractivity contribution in [3.8, 4) is 11.4 Å². The summed E-state index contributed by atoms with van der Waals surface area (Å²) in [6, 6.07) is 15.8. The van der Waals surface area contributed by atoms with Gasteiger partial charge in [0.1, 0.15) is 11.6 Å². The first-order valence-corrected chi connectivity index (χ1v) is 11.2. The van der Waals surface area contributed by atoms with Crippen molar-refractivity contribution in [1.82, 2.24) is 15.0 Å². The molecule has 1 aromatic heterocycles. The number of carbonyl (C=O) groups excluding carboxylic acids is 1. The van der Waals surface area contributed by atoms with Crippen LogP contribution in [0.25, 0.3) is 11.4 Å². The molecule has 0 aliphatic carbocycles. The Morgan fingerprint density at radius 1 is 0.909 bits per heavy atom. The molecule has 7 nitrogen and oxygen atoms in total. The van der Waals surface area contributed by atoms with Crippen molar-refractivity contribution in [1.29, 1.82) is 0 Å². The molecule has 0 unspecified atom stereocenters. The molecule has 0 fully saturated rings. The first kappa shape index (κ1) is 22.3. The van der Waals surface area contributed by atoms with Gasteiger partial charge in [-0.05, 0) is 49.6 Å². The van der Waals surface area contributed by atoms with Gasteiger partial charge in [0, 0.05) is 24.1 Å². The van der Waals surface area contributed by atoms with Crippen LogP contribution in [0.1, 0.15) is 37.8 Å². The van der Waals surface area contributed by atoms with E-state index in [4.69, 9.17) is 0 Å². The minimum atomic E-state index is 0.258. The molecule has 2 heterocycles. The highest BCUT2D eigenvalue weighted by Crippen LogP contribution is 2.22. The van der Waals surface area contributed by atoms with Crippen LogP contribution in [-0.4, -0.2) is 33.1 Å². The van der Waals surface area contributed by atoms with Crippen molar-refractivity contribution in [2.45, 2.75) is 40.0 Å². The monoisotopic (exact) mass is 440 g/mol. The Morgan fingerprint density at radius 2 is 1.61 bits per heavy atom. The fraction of sp³-hybridized carbons (Fsp3) is 0.269. The number of carbonyl (C=O) groups is 1. The molecule has 0 spiro atoms. The number of hydrogen-bond acceptors (Lipinski definition) is 7. The van der Waals surface area contributed by atoms with E-state index < -0.39 is 0 Å². The minimum absolute atomic E-state index is 0.258. The zero-order valence-corrected chi connectivity index (χ0v) is 19.2. The minimum Gasteiger partial charge on any atom is -0.324 e. The number of hydrogen-bond donors (Lipinski definition) is 2. The summed E-state index contributed by atoms with van der Waals surface area (Å²) in [4.78, 5) is 30.2. The smallest absolute Gasteiger partial charge is 0.233 e. The number of aryl methyl sites for hydroxylation is 1. The summed E-state index contributed by atoms with van der Waals surface area (Å²) in [6.45, 7) is 6.78. The van der Waals surface area contributed by atoms with Gasteiger partial charge in [0.2, 0.25) is 11.9 Å². The Bertz CT molecular complexity index is 1200. The molecule has 7 heteroatoms. The van der Waals surface area contributed by atoms with Gasteiger partial charge in [-0.1, -0.05) is 48.9 Å². The molecule has 2 N–H and O–H groups in total. The normalized spacial score (nSPS) is 12.8. The van der Waals surface area contributed by atoms with E-state index in [2.05, 4.69) is 30.6 Å². The third-order valence-electron chi connectivity index (χ3n) is 5.21. The van der Waals surface area contributed by atoms with Crippen LogP contribution in [-0.2, 0) is 11.2 Å². The Kier molecular flexibility index (Phi) is 6.88. The van der Waals surface area contributed by atoms with Crippen molar-refractivity contribution in [3.63, 3.8) is 0 Å². The Hall–Kier alpha value is -3.87. The molecule has 2 aromatic carbocycles. The largest absolute Gasteiger partial charge is 0.324 e. The van der Waals surface area contributed by atoms with E-state index in [0.717, 1.165) is 29.1 Å². The highest BCUT2D eigenvalue weighted by atomic mass is 16.1. The third-order valence-corrected chi connectivity index (χ3v) is 5.21. The highest BCUT2D eigenvalue weighted by Gasteiger charge is 2.12. The molecule has 0 saturated carbocycles. The van der Waals surface area contributed by atoms with E-state index in [1.54, 1.807) is 0 Å². The SMILES string of the molecule is CCCC(=O)Cc1ccc(Nc2nc(NC3=NCC(C)=C3)nc(-c3ccc(C)cc3)n2)cc1. The molecule has 1 aliphatic heterocycles. The van der Waals surface area contributed by atoms with Crippen molar-refractivity contribution in [2.24, 2.45) is 4.99 Å². The predicted octanol–water partition coefficient (Wildman–Crippen LogP) is 5.27. The van der Waals surface area contributed by atoms with Crippen molar-refractivity contribution in [3.05, 3.63) is 71.3 Å². The van der Waals surface area contributed by atoms with Crippen LogP contribution >= 0.6 is 0 Å². The van der Waals surface area contributed by atoms with Gasteiger partial charge in [-0.15, -0.1) is 0 Å². The van der Waals surface area contributed by atoms with Gasteiger partial charge in [0.05, 0.1) is 6.54 Å². The number of Topliss-reactive ketones (excluding diaryl/α,β-unsaturated/α-hetero) is 1. The molecule has 0 amide bonds. The first-order valence-electron chi connectivity index (χ1n) is 11.2. The van der Waals surface area contributed by atoms with Gasteiger partial charge in [0.15, 0.2) is 5.82 Å². The van der Waals surface area contributed by atoms with Crippen LogP contribution in [0.3, 0.4) is 0 Å². The van der Waals surface area contributed by atoms with Crippen molar-refractivity contribution < 1.29 is 4.79 Å². The molecule has 33 heavy (non-hydrogen) atoms. The van der Waals surface area contributed by atoms with Crippen molar-refractivity contribution >= 4 is 29.2 Å². The topological polar surface area (TPSA) is 92.2 Å². The number of nitrogens with one attached hydrogen (secondary N) is 2. The number of anilines is 3. The summed E-state index contributed by atoms with van der Waals surface area (Å²) >= 11 is 0. The van der Waals surface area contributed by atoms with Crippen LogP contribution in [0.4, 0.5) is 17.6 Å². The van der Waals surface area contributed by atoms with Gasteiger partial charge in [-0.3, -0.25) is 9.79 Å². The van der Waals surface area contributed by atoms with E-state index in [-0.39, 0.29) is 5.78 Å². The number of amidine groups is 1. The van der Waals surface area contributed by atoms with Crippen LogP contribution in [0.15, 0.2) is 65.2 Å². The molecular weight excluding hydrogens is 412 g/mol. The van der Waals surface area contributed by atoms with Gasteiger partial charge >= 0.3 is 0 Å². The summed E-state index contributed by atoms with van der Waals surface area (Å²) in [5.41, 5.74) is 5.09. The lowest BCUT2D eigenvalue weighted by molar-refractivity contribution is -0.118. The fourth-order valence-corrected chi connectivity index (χ4v) is 3.47. The molecule has 168 valence electrons. The highest BCUT2D eigenvalue weighted by molar-refractivity contribution is 6.04. The lowest BCUT2D eigenvalue weighted by Crippen LogP contribution is -2.13. The third kappa shape index (κ3) is 6.10. The molecule has 0 atom stereocenters. The molecule has 3 aromatic rings. The average molecular weight is 441 g/mol. The Morgan fingerprint density at radius 3 is 2.24 bits per heavy atom. The van der Waals surface area contributed by atoms with Crippen LogP contribution in [0.2, 0.25) is 0 Å². The van der Waals surface area contributed by atoms with Gasteiger partial charge in [0.25, 0.3) is 0 Å². The van der Waals surface area contributed by atoms with E-state index in [1.165, 1.54) is 11.1 Å². The van der Waals surface area contributed by atoms with E-state index >= 15 is 0 Å². The van der Waals surface area contributed by atoms with Crippen LogP contribution < -0.4 is 10.6 Å². The molecule has 0 bridgehead atoms. The standard InChI is InChI=1S/C26H28N6O/c1-4-5-22(33)15-19-8-12-21(13-9-19)28-25-30-24(20-10-6-17(2)7-11-20)31-26(32-25)29-23-14-18(3)16-27-23/h6-14H,4-5,15-16H2,1-3H3,(H2,27,28,29,30,31,32). The summed E-state index contributed by atoms with van der Waals surface area (Å²) in [7, 11) is 0. The zero-order chi connectivity index (χ0) is 23.2. The fourth-order valence-electron chi connectivity index (χ4n) is 3.47. The summed E-state index contributed by atoms with van der Waals surface area (Å²) in [5.74, 6) is 2.41. The predicted molar refractivity (Wildman–Crippen MR) is 133 cm³/mol. The lowest BCUT2D eigenvalue weighted by Gasteiger charge is -2.11. The number of aliphatic imine (C=N–C) groups is 1. The molecular formula is C26H28N6O. The number of nitrogens with zero attached hydrogens (tertiary/aromatic N) is 4. The zero-order valence-electron chi connectivity index (χ0n) is 19.2. The van der Waals surface area contributed by atoms with Crippen LogP contribution in [0.5, 0.6) is 0 Å². The molecule has 0 saturated heterocycles. The number of rotatable bonds is 8. The summed E-state index contributed by atoms with van der Waals surface area (Å²) < 4.78 is 0. The maximum atomic E-state index is 11.9. The number of ketones is 1. The molecule has 0 radical (unpaired) electrons. The van der Waals surface area contributed by atoms with Gasteiger partial charge < -0.3 is 10.6 Å². The second-order valence-corrected chi connectivity index (χ2v) is 8.28. The second-order valence-electron chi connectivity index (χ2n) is 8.28.